The lowest BCUT2D eigenvalue weighted by Gasteiger charge is -2.11. The van der Waals surface area contributed by atoms with Crippen LogP contribution in [0.25, 0.3) is 0 Å². The number of phenols is 1. The number of phenolic OH excluding ortho intramolecular Hbond substituents is 1. The third kappa shape index (κ3) is 3.02. The third-order valence-electron chi connectivity index (χ3n) is 2.44. The molecule has 0 aliphatic carbocycles. The maximum Gasteiger partial charge on any atom is 0.263 e. The topological polar surface area (TPSA) is 92.4 Å². The van der Waals surface area contributed by atoms with Crippen LogP contribution < -0.4 is 10.5 Å². The van der Waals surface area contributed by atoms with E-state index in [-0.39, 0.29) is 26.5 Å². The number of halogens is 2. The van der Waals surface area contributed by atoms with Crippen LogP contribution in [0.2, 0.25) is 0 Å². The van der Waals surface area contributed by atoms with Crippen molar-refractivity contribution < 1.29 is 17.9 Å². The van der Waals surface area contributed by atoms with Crippen LogP contribution >= 0.6 is 15.9 Å². The maximum absolute atomic E-state index is 13.3. The van der Waals surface area contributed by atoms with Gasteiger partial charge < -0.3 is 10.8 Å². The molecule has 0 aromatic heterocycles. The molecule has 2 aromatic carbocycles. The first-order chi connectivity index (χ1) is 9.29. The average Bonchev–Trinajstić information content (AvgIpc) is 2.33. The standard InChI is InChI=1S/C12H10BrFN2O3S/c13-9-5-12(11(15)6-10(9)14)20(18,19)16-7-2-1-3-8(17)4-7/h1-6,16-17H,15H2. The van der Waals surface area contributed by atoms with Crippen LogP contribution in [-0.2, 0) is 10.0 Å². The Bertz CT molecular complexity index is 765. The van der Waals surface area contributed by atoms with Gasteiger partial charge in [-0.1, -0.05) is 6.07 Å². The van der Waals surface area contributed by atoms with Gasteiger partial charge in [0.25, 0.3) is 10.0 Å². The highest BCUT2D eigenvalue weighted by atomic mass is 79.9. The summed E-state index contributed by atoms with van der Waals surface area (Å²) in [5.41, 5.74) is 5.49. The Labute approximate surface area is 123 Å². The molecule has 2 aromatic rings. The Kier molecular flexibility index (Phi) is 3.87. The Morgan fingerprint density at radius 1 is 1.25 bits per heavy atom. The summed E-state index contributed by atoms with van der Waals surface area (Å²) in [6, 6.07) is 7.59. The first-order valence-corrected chi connectivity index (χ1v) is 7.63. The maximum atomic E-state index is 13.3. The monoisotopic (exact) mass is 360 g/mol. The highest BCUT2D eigenvalue weighted by Gasteiger charge is 2.20. The summed E-state index contributed by atoms with van der Waals surface area (Å²) in [4.78, 5) is -0.255. The van der Waals surface area contributed by atoms with Crippen molar-refractivity contribution in [3.8, 4) is 5.75 Å². The molecule has 5 nitrogen and oxygen atoms in total. The number of nitrogens with two attached hydrogens (primary N) is 1. The van der Waals surface area contributed by atoms with Crippen LogP contribution in [-0.4, -0.2) is 13.5 Å². The molecular weight excluding hydrogens is 351 g/mol. The van der Waals surface area contributed by atoms with Crippen molar-refractivity contribution >= 4 is 37.3 Å². The van der Waals surface area contributed by atoms with Crippen LogP contribution in [0.15, 0.2) is 45.8 Å². The number of hydrogen-bond donors (Lipinski definition) is 3. The van der Waals surface area contributed by atoms with Gasteiger partial charge in [-0.3, -0.25) is 4.72 Å². The summed E-state index contributed by atoms with van der Waals surface area (Å²) in [7, 11) is -3.98. The third-order valence-corrected chi connectivity index (χ3v) is 4.49. The van der Waals surface area contributed by atoms with Crippen LogP contribution in [0.3, 0.4) is 0 Å². The highest BCUT2D eigenvalue weighted by molar-refractivity contribution is 9.10. The molecule has 0 fully saturated rings. The lowest BCUT2D eigenvalue weighted by molar-refractivity contribution is 0.475. The number of nitrogen functional groups attached to an aromatic ring is 1. The molecule has 2 rings (SSSR count). The van der Waals surface area contributed by atoms with Gasteiger partial charge in [-0.25, -0.2) is 12.8 Å². The number of hydrogen-bond acceptors (Lipinski definition) is 4. The van der Waals surface area contributed by atoms with Gasteiger partial charge >= 0.3 is 0 Å². The SMILES string of the molecule is Nc1cc(F)c(Br)cc1S(=O)(=O)Nc1cccc(O)c1. The van der Waals surface area contributed by atoms with Crippen molar-refractivity contribution in [2.24, 2.45) is 0 Å². The molecule has 20 heavy (non-hydrogen) atoms. The zero-order valence-electron chi connectivity index (χ0n) is 9.97. The number of benzene rings is 2. The molecule has 0 heterocycles. The van der Waals surface area contributed by atoms with E-state index in [1.54, 1.807) is 0 Å². The second-order valence-electron chi connectivity index (χ2n) is 3.96. The molecule has 0 unspecified atom stereocenters. The highest BCUT2D eigenvalue weighted by Crippen LogP contribution is 2.28. The molecule has 0 saturated carbocycles. The zero-order valence-corrected chi connectivity index (χ0v) is 12.4. The van der Waals surface area contributed by atoms with E-state index in [1.165, 1.54) is 24.3 Å². The van der Waals surface area contributed by atoms with Crippen molar-refractivity contribution in [3.05, 3.63) is 46.7 Å². The Balaban J connectivity index is 2.43. The predicted octanol–water partition coefficient (Wildman–Crippen LogP) is 2.68. The van der Waals surface area contributed by atoms with E-state index in [0.717, 1.165) is 12.1 Å². The summed E-state index contributed by atoms with van der Waals surface area (Å²) in [6.45, 7) is 0. The van der Waals surface area contributed by atoms with Gasteiger partial charge in [-0.2, -0.15) is 0 Å². The molecule has 0 saturated heterocycles. The van der Waals surface area contributed by atoms with Gasteiger partial charge in [-0.05, 0) is 40.2 Å². The van der Waals surface area contributed by atoms with Crippen LogP contribution in [0.5, 0.6) is 5.75 Å². The largest absolute Gasteiger partial charge is 0.508 e. The van der Waals surface area contributed by atoms with Crippen molar-refractivity contribution in [1.82, 2.24) is 0 Å². The molecule has 0 aliphatic heterocycles. The Morgan fingerprint density at radius 3 is 2.60 bits per heavy atom. The number of anilines is 2. The van der Waals surface area contributed by atoms with Crippen LogP contribution in [0.1, 0.15) is 0 Å². The molecule has 0 bridgehead atoms. The molecule has 0 amide bonds. The fourth-order valence-electron chi connectivity index (χ4n) is 1.56. The minimum absolute atomic E-state index is 0.0111. The van der Waals surface area contributed by atoms with E-state index < -0.39 is 15.8 Å². The van der Waals surface area contributed by atoms with Crippen molar-refractivity contribution in [2.45, 2.75) is 4.90 Å². The molecule has 0 radical (unpaired) electrons. The summed E-state index contributed by atoms with van der Waals surface area (Å²) in [6.07, 6.45) is 0. The Hall–Kier alpha value is -1.80. The van der Waals surface area contributed by atoms with E-state index in [2.05, 4.69) is 20.7 Å². The van der Waals surface area contributed by atoms with Crippen molar-refractivity contribution in [3.63, 3.8) is 0 Å². The zero-order chi connectivity index (χ0) is 14.9. The van der Waals surface area contributed by atoms with E-state index >= 15 is 0 Å². The minimum Gasteiger partial charge on any atom is -0.508 e. The van der Waals surface area contributed by atoms with Crippen LogP contribution in [0.4, 0.5) is 15.8 Å². The molecular formula is C12H10BrFN2O3S. The summed E-state index contributed by atoms with van der Waals surface area (Å²) in [5.74, 6) is -0.739. The molecule has 0 aliphatic rings. The minimum atomic E-state index is -3.98. The van der Waals surface area contributed by atoms with Gasteiger partial charge in [-0.15, -0.1) is 0 Å². The van der Waals surface area contributed by atoms with E-state index in [9.17, 15) is 17.9 Å². The first kappa shape index (κ1) is 14.6. The second kappa shape index (κ2) is 5.29. The first-order valence-electron chi connectivity index (χ1n) is 5.36. The summed E-state index contributed by atoms with van der Waals surface area (Å²) in [5, 5.41) is 9.30. The van der Waals surface area contributed by atoms with E-state index in [1.807, 2.05) is 0 Å². The van der Waals surface area contributed by atoms with Gasteiger partial charge in [0.2, 0.25) is 0 Å². The number of aromatic hydroxyl groups is 1. The van der Waals surface area contributed by atoms with Gasteiger partial charge in [0.05, 0.1) is 15.8 Å². The Morgan fingerprint density at radius 2 is 1.95 bits per heavy atom. The van der Waals surface area contributed by atoms with Gasteiger partial charge in [0.15, 0.2) is 0 Å². The number of sulfonamides is 1. The van der Waals surface area contributed by atoms with Gasteiger partial charge in [0.1, 0.15) is 16.5 Å². The summed E-state index contributed by atoms with van der Waals surface area (Å²) >= 11 is 2.91. The predicted molar refractivity (Wildman–Crippen MR) is 77.4 cm³/mol. The van der Waals surface area contributed by atoms with Crippen molar-refractivity contribution in [2.75, 3.05) is 10.5 Å². The van der Waals surface area contributed by atoms with Crippen LogP contribution in [0, 0.1) is 5.82 Å². The fourth-order valence-corrected chi connectivity index (χ4v) is 3.24. The molecule has 8 heteroatoms. The summed E-state index contributed by atoms with van der Waals surface area (Å²) < 4.78 is 39.9. The smallest absolute Gasteiger partial charge is 0.263 e. The lowest BCUT2D eigenvalue weighted by Crippen LogP contribution is -2.15. The van der Waals surface area contributed by atoms with Gasteiger partial charge in [0, 0.05) is 6.07 Å². The van der Waals surface area contributed by atoms with E-state index in [0.29, 0.717) is 0 Å². The number of nitrogens with one attached hydrogen (secondary N) is 1. The molecule has 106 valence electrons. The number of rotatable bonds is 3. The lowest BCUT2D eigenvalue weighted by atomic mass is 10.3. The second-order valence-corrected chi connectivity index (χ2v) is 6.47. The normalized spacial score (nSPS) is 11.3. The molecule has 0 spiro atoms. The van der Waals surface area contributed by atoms with E-state index in [4.69, 9.17) is 5.73 Å². The quantitative estimate of drug-likeness (QED) is 0.733. The van der Waals surface area contributed by atoms with Crippen molar-refractivity contribution in [1.29, 1.82) is 0 Å². The molecule has 0 atom stereocenters. The molecule has 4 N–H and O–H groups in total. The average molecular weight is 361 g/mol. The fraction of sp³-hybridized carbons (Fsp3) is 0.